The number of benzene rings is 1. The Morgan fingerprint density at radius 3 is 2.29 bits per heavy atom. The van der Waals surface area contributed by atoms with Gasteiger partial charge in [-0.2, -0.15) is 0 Å². The summed E-state index contributed by atoms with van der Waals surface area (Å²) in [4.78, 5) is 0. The third-order valence-electron chi connectivity index (χ3n) is 2.43. The molecule has 0 unspecified atom stereocenters. The van der Waals surface area contributed by atoms with Gasteiger partial charge in [-0.15, -0.1) is 0 Å². The van der Waals surface area contributed by atoms with Gasteiger partial charge in [-0.3, -0.25) is 0 Å². The van der Waals surface area contributed by atoms with Gasteiger partial charge in [0.15, 0.2) is 0 Å². The Morgan fingerprint density at radius 2 is 1.79 bits per heavy atom. The molecular formula is C13H19F. The summed E-state index contributed by atoms with van der Waals surface area (Å²) in [5.74, 6) is 0.483. The van der Waals surface area contributed by atoms with Crippen molar-refractivity contribution in [2.75, 3.05) is 0 Å². The predicted octanol–water partition coefficient (Wildman–Crippen LogP) is 4.23. The van der Waals surface area contributed by atoms with Crippen molar-refractivity contribution in [1.82, 2.24) is 0 Å². The van der Waals surface area contributed by atoms with Crippen molar-refractivity contribution < 1.29 is 4.39 Å². The second kappa shape index (κ2) is 5.14. The van der Waals surface area contributed by atoms with Crippen LogP contribution in [0.3, 0.4) is 0 Å². The van der Waals surface area contributed by atoms with Crippen molar-refractivity contribution in [2.45, 2.75) is 46.2 Å². The van der Waals surface area contributed by atoms with Crippen LogP contribution in [0.4, 0.5) is 4.39 Å². The molecule has 14 heavy (non-hydrogen) atoms. The smallest absolute Gasteiger partial charge is 0.115 e. The molecule has 0 amide bonds. The van der Waals surface area contributed by atoms with E-state index >= 15 is 0 Å². The van der Waals surface area contributed by atoms with Crippen LogP contribution >= 0.6 is 0 Å². The summed E-state index contributed by atoms with van der Waals surface area (Å²) in [5, 5.41) is 0. The number of hydrogen-bond donors (Lipinski definition) is 0. The quantitative estimate of drug-likeness (QED) is 0.672. The molecule has 0 radical (unpaired) electrons. The molecule has 0 N–H and O–H groups in total. The van der Waals surface area contributed by atoms with Crippen LogP contribution < -0.4 is 0 Å². The molecule has 1 heteroatoms. The van der Waals surface area contributed by atoms with Gasteiger partial charge in [0.2, 0.25) is 0 Å². The first-order chi connectivity index (χ1) is 6.67. The first-order valence-electron chi connectivity index (χ1n) is 5.36. The van der Waals surface area contributed by atoms with Crippen molar-refractivity contribution >= 4 is 0 Å². The zero-order chi connectivity index (χ0) is 10.6. The average Bonchev–Trinajstić information content (AvgIpc) is 2.17. The van der Waals surface area contributed by atoms with Crippen molar-refractivity contribution in [3.8, 4) is 0 Å². The van der Waals surface area contributed by atoms with E-state index in [0.29, 0.717) is 5.92 Å². The molecule has 0 heterocycles. The highest BCUT2D eigenvalue weighted by Crippen LogP contribution is 2.20. The summed E-state index contributed by atoms with van der Waals surface area (Å²) >= 11 is 0. The molecule has 0 nitrogen and oxygen atoms in total. The van der Waals surface area contributed by atoms with Crippen LogP contribution in [-0.2, 0) is 13.1 Å². The number of aryl methyl sites for hydroxylation is 1. The topological polar surface area (TPSA) is 0 Å². The van der Waals surface area contributed by atoms with Crippen molar-refractivity contribution in [3.05, 3.63) is 34.9 Å². The largest absolute Gasteiger partial charge is 0.246 e. The second-order valence-corrected chi connectivity index (χ2v) is 4.12. The molecule has 1 aromatic rings. The number of hydrogen-bond acceptors (Lipinski definition) is 0. The van der Waals surface area contributed by atoms with Crippen LogP contribution in [0.1, 0.15) is 49.8 Å². The maximum atomic E-state index is 12.6. The van der Waals surface area contributed by atoms with Crippen LogP contribution in [0.5, 0.6) is 0 Å². The SMILES string of the molecule is CCCc1cc(CF)cc(C(C)C)c1. The highest BCUT2D eigenvalue weighted by atomic mass is 19.1. The monoisotopic (exact) mass is 194 g/mol. The van der Waals surface area contributed by atoms with Gasteiger partial charge in [-0.1, -0.05) is 45.4 Å². The number of halogens is 1. The lowest BCUT2D eigenvalue weighted by atomic mass is 9.96. The van der Waals surface area contributed by atoms with E-state index in [-0.39, 0.29) is 6.67 Å². The highest BCUT2D eigenvalue weighted by Gasteiger charge is 2.03. The summed E-state index contributed by atoms with van der Waals surface area (Å²) in [6.07, 6.45) is 2.17. The summed E-state index contributed by atoms with van der Waals surface area (Å²) in [6.45, 7) is 6.09. The van der Waals surface area contributed by atoms with E-state index < -0.39 is 0 Å². The van der Waals surface area contributed by atoms with E-state index in [4.69, 9.17) is 0 Å². The molecule has 0 saturated carbocycles. The standard InChI is InChI=1S/C13H19F/c1-4-5-11-6-12(9-14)8-13(7-11)10(2)3/h6-8,10H,4-5,9H2,1-3H3. The predicted molar refractivity (Wildman–Crippen MR) is 59.3 cm³/mol. The zero-order valence-corrected chi connectivity index (χ0v) is 9.31. The van der Waals surface area contributed by atoms with Crippen molar-refractivity contribution in [1.29, 1.82) is 0 Å². The maximum Gasteiger partial charge on any atom is 0.115 e. The van der Waals surface area contributed by atoms with Crippen LogP contribution in [0.25, 0.3) is 0 Å². The molecule has 0 aliphatic carbocycles. The lowest BCUT2D eigenvalue weighted by molar-refractivity contribution is 0.484. The van der Waals surface area contributed by atoms with Gasteiger partial charge in [0.25, 0.3) is 0 Å². The van der Waals surface area contributed by atoms with Gasteiger partial charge in [0.1, 0.15) is 6.67 Å². The minimum Gasteiger partial charge on any atom is -0.246 e. The second-order valence-electron chi connectivity index (χ2n) is 4.12. The summed E-state index contributed by atoms with van der Waals surface area (Å²) in [7, 11) is 0. The first kappa shape index (κ1) is 11.2. The van der Waals surface area contributed by atoms with E-state index in [1.165, 1.54) is 11.1 Å². The summed E-state index contributed by atoms with van der Waals surface area (Å²) in [6, 6.07) is 6.16. The molecule has 0 aliphatic heterocycles. The molecule has 0 aromatic heterocycles. The normalized spacial score (nSPS) is 10.9. The molecule has 0 spiro atoms. The lowest BCUT2D eigenvalue weighted by Crippen LogP contribution is -1.94. The van der Waals surface area contributed by atoms with Crippen LogP contribution in [0.2, 0.25) is 0 Å². The van der Waals surface area contributed by atoms with Gasteiger partial charge >= 0.3 is 0 Å². The van der Waals surface area contributed by atoms with E-state index in [0.717, 1.165) is 18.4 Å². The van der Waals surface area contributed by atoms with Crippen LogP contribution in [0.15, 0.2) is 18.2 Å². The van der Waals surface area contributed by atoms with E-state index in [1.54, 1.807) is 0 Å². The number of rotatable bonds is 4. The van der Waals surface area contributed by atoms with Crippen molar-refractivity contribution in [2.24, 2.45) is 0 Å². The molecule has 0 aliphatic rings. The molecule has 0 atom stereocenters. The Morgan fingerprint density at radius 1 is 1.14 bits per heavy atom. The fourth-order valence-corrected chi connectivity index (χ4v) is 1.63. The Labute approximate surface area is 86.2 Å². The maximum absolute atomic E-state index is 12.6. The molecule has 1 rings (SSSR count). The minimum atomic E-state index is -0.350. The molecular weight excluding hydrogens is 175 g/mol. The molecule has 1 aromatic carbocycles. The van der Waals surface area contributed by atoms with Crippen LogP contribution in [0, 0.1) is 0 Å². The van der Waals surface area contributed by atoms with Gasteiger partial charge in [-0.05, 0) is 29.0 Å². The molecule has 0 fully saturated rings. The van der Waals surface area contributed by atoms with Crippen molar-refractivity contribution in [3.63, 3.8) is 0 Å². The Hall–Kier alpha value is -0.850. The Kier molecular flexibility index (Phi) is 4.12. The minimum absolute atomic E-state index is 0.350. The fourth-order valence-electron chi connectivity index (χ4n) is 1.63. The number of alkyl halides is 1. The molecule has 0 bridgehead atoms. The van der Waals surface area contributed by atoms with E-state index in [2.05, 4.69) is 26.8 Å². The van der Waals surface area contributed by atoms with Gasteiger partial charge in [0, 0.05) is 0 Å². The van der Waals surface area contributed by atoms with Crippen LogP contribution in [-0.4, -0.2) is 0 Å². The Bertz CT molecular complexity index is 289. The van der Waals surface area contributed by atoms with Gasteiger partial charge < -0.3 is 0 Å². The Balaban J connectivity index is 3.00. The third kappa shape index (κ3) is 2.83. The average molecular weight is 194 g/mol. The lowest BCUT2D eigenvalue weighted by Gasteiger charge is -2.10. The third-order valence-corrected chi connectivity index (χ3v) is 2.43. The zero-order valence-electron chi connectivity index (χ0n) is 9.31. The fraction of sp³-hybridized carbons (Fsp3) is 0.538. The highest BCUT2D eigenvalue weighted by molar-refractivity contribution is 5.31. The summed E-state index contributed by atoms with van der Waals surface area (Å²) in [5.41, 5.74) is 3.34. The summed E-state index contributed by atoms with van der Waals surface area (Å²) < 4.78 is 12.6. The first-order valence-corrected chi connectivity index (χ1v) is 5.36. The van der Waals surface area contributed by atoms with Gasteiger partial charge in [-0.25, -0.2) is 4.39 Å². The van der Waals surface area contributed by atoms with E-state index in [9.17, 15) is 4.39 Å². The van der Waals surface area contributed by atoms with Gasteiger partial charge in [0.05, 0.1) is 0 Å². The molecule has 78 valence electrons. The molecule has 0 saturated heterocycles. The van der Waals surface area contributed by atoms with E-state index in [1.807, 2.05) is 12.1 Å².